The van der Waals surface area contributed by atoms with Crippen molar-refractivity contribution in [3.8, 4) is 0 Å². The molecule has 1 N–H and O–H groups in total. The van der Waals surface area contributed by atoms with E-state index in [9.17, 15) is 4.39 Å². The molecule has 3 rings (SSSR count). The smallest absolute Gasteiger partial charge is 0.194 e. The second kappa shape index (κ2) is 10.8. The minimum atomic E-state index is -0.231. The van der Waals surface area contributed by atoms with Crippen LogP contribution in [0.15, 0.2) is 23.2 Å². The van der Waals surface area contributed by atoms with Crippen molar-refractivity contribution in [1.82, 2.24) is 20.0 Å². The summed E-state index contributed by atoms with van der Waals surface area (Å²) < 4.78 is 19.7. The Morgan fingerprint density at radius 1 is 1.23 bits per heavy atom. The minimum Gasteiger partial charge on any atom is -0.381 e. The first-order valence-corrected chi connectivity index (χ1v) is 11.3. The van der Waals surface area contributed by atoms with Crippen LogP contribution >= 0.6 is 11.6 Å². The predicted octanol–water partition coefficient (Wildman–Crippen LogP) is 2.67. The molecule has 0 aromatic heterocycles. The third-order valence-corrected chi connectivity index (χ3v) is 6.70. The molecular formula is C22H35ClFN5O. The van der Waals surface area contributed by atoms with E-state index in [0.717, 1.165) is 71.3 Å². The molecule has 0 atom stereocenters. The van der Waals surface area contributed by atoms with Crippen LogP contribution in [0.25, 0.3) is 0 Å². The summed E-state index contributed by atoms with van der Waals surface area (Å²) in [6.45, 7) is 9.23. The van der Waals surface area contributed by atoms with E-state index in [0.29, 0.717) is 17.1 Å². The van der Waals surface area contributed by atoms with E-state index in [4.69, 9.17) is 21.3 Å². The molecule has 2 heterocycles. The summed E-state index contributed by atoms with van der Waals surface area (Å²) in [5.74, 6) is 0.735. The molecule has 0 radical (unpaired) electrons. The predicted molar refractivity (Wildman–Crippen MR) is 121 cm³/mol. The molecule has 0 saturated carbocycles. The highest BCUT2D eigenvalue weighted by atomic mass is 35.5. The van der Waals surface area contributed by atoms with E-state index in [1.165, 1.54) is 6.07 Å². The van der Waals surface area contributed by atoms with Gasteiger partial charge in [-0.25, -0.2) is 4.39 Å². The second-order valence-electron chi connectivity index (χ2n) is 8.36. The van der Waals surface area contributed by atoms with Crippen molar-refractivity contribution in [1.29, 1.82) is 0 Å². The maximum atomic E-state index is 14.1. The van der Waals surface area contributed by atoms with Gasteiger partial charge in [-0.05, 0) is 46.0 Å². The summed E-state index contributed by atoms with van der Waals surface area (Å²) in [6.07, 6.45) is 2.00. The van der Waals surface area contributed by atoms with Gasteiger partial charge in [-0.1, -0.05) is 17.7 Å². The van der Waals surface area contributed by atoms with E-state index in [1.54, 1.807) is 12.1 Å². The van der Waals surface area contributed by atoms with E-state index >= 15 is 0 Å². The molecule has 2 fully saturated rings. The average Bonchev–Trinajstić information content (AvgIpc) is 2.75. The first kappa shape index (κ1) is 23.3. The topological polar surface area (TPSA) is 43.3 Å². The summed E-state index contributed by atoms with van der Waals surface area (Å²) in [7, 11) is 4.28. The highest BCUT2D eigenvalue weighted by molar-refractivity contribution is 6.31. The van der Waals surface area contributed by atoms with Gasteiger partial charge in [0.15, 0.2) is 5.96 Å². The monoisotopic (exact) mass is 439 g/mol. The lowest BCUT2D eigenvalue weighted by Crippen LogP contribution is -2.54. The van der Waals surface area contributed by atoms with Gasteiger partial charge in [0.05, 0.1) is 6.54 Å². The Hall–Kier alpha value is -1.41. The molecule has 30 heavy (non-hydrogen) atoms. The van der Waals surface area contributed by atoms with Crippen LogP contribution < -0.4 is 5.32 Å². The lowest BCUT2D eigenvalue weighted by molar-refractivity contribution is -0.00268. The zero-order chi connectivity index (χ0) is 21.6. The Bertz CT molecular complexity index is 695. The summed E-state index contributed by atoms with van der Waals surface area (Å²) in [4.78, 5) is 11.9. The van der Waals surface area contributed by atoms with E-state index < -0.39 is 0 Å². The van der Waals surface area contributed by atoms with Crippen molar-refractivity contribution in [2.75, 3.05) is 66.6 Å². The molecule has 8 heteroatoms. The number of guanidine groups is 1. The molecule has 0 unspecified atom stereocenters. The Morgan fingerprint density at radius 2 is 1.93 bits per heavy atom. The molecule has 6 nitrogen and oxygen atoms in total. The molecule has 0 spiro atoms. The molecule has 168 valence electrons. The normalized spacial score (nSPS) is 20.6. The van der Waals surface area contributed by atoms with Gasteiger partial charge in [0.2, 0.25) is 0 Å². The number of hydrogen-bond acceptors (Lipinski definition) is 4. The number of rotatable bonds is 6. The van der Waals surface area contributed by atoms with Crippen LogP contribution in [0, 0.1) is 5.82 Å². The van der Waals surface area contributed by atoms with Crippen LogP contribution in [0.1, 0.15) is 25.3 Å². The summed E-state index contributed by atoms with van der Waals surface area (Å²) >= 11 is 6.20. The van der Waals surface area contributed by atoms with Gasteiger partial charge in [0.1, 0.15) is 5.82 Å². The van der Waals surface area contributed by atoms with Crippen LogP contribution in [-0.2, 0) is 11.3 Å². The van der Waals surface area contributed by atoms with Gasteiger partial charge in [-0.2, -0.15) is 0 Å². The zero-order valence-corrected chi connectivity index (χ0v) is 19.2. The Labute approximate surface area is 185 Å². The van der Waals surface area contributed by atoms with Gasteiger partial charge in [0, 0.05) is 68.6 Å². The summed E-state index contributed by atoms with van der Waals surface area (Å²) in [5, 5.41) is 3.96. The highest BCUT2D eigenvalue weighted by Crippen LogP contribution is 2.26. The molecule has 0 bridgehead atoms. The highest BCUT2D eigenvalue weighted by Gasteiger charge is 2.35. The van der Waals surface area contributed by atoms with Crippen LogP contribution in [0.4, 0.5) is 4.39 Å². The number of ether oxygens (including phenoxy) is 1. The fourth-order valence-electron chi connectivity index (χ4n) is 4.17. The molecular weight excluding hydrogens is 405 g/mol. The number of nitrogens with zero attached hydrogens (tertiary/aromatic N) is 4. The number of piperazine rings is 1. The van der Waals surface area contributed by atoms with Crippen molar-refractivity contribution in [3.63, 3.8) is 0 Å². The van der Waals surface area contributed by atoms with Crippen LogP contribution in [-0.4, -0.2) is 92.8 Å². The first-order chi connectivity index (χ1) is 14.4. The molecule has 1 aromatic rings. The van der Waals surface area contributed by atoms with Gasteiger partial charge in [0.25, 0.3) is 0 Å². The minimum absolute atomic E-state index is 0.0579. The van der Waals surface area contributed by atoms with Crippen molar-refractivity contribution >= 4 is 17.6 Å². The van der Waals surface area contributed by atoms with E-state index in [1.807, 2.05) is 0 Å². The first-order valence-electron chi connectivity index (χ1n) is 10.9. The number of likely N-dealkylation sites (N-methyl/N-ethyl adjacent to an activating group) is 1. The van der Waals surface area contributed by atoms with Crippen molar-refractivity contribution in [2.24, 2.45) is 4.99 Å². The number of hydrogen-bond donors (Lipinski definition) is 1. The Kier molecular flexibility index (Phi) is 8.34. The Morgan fingerprint density at radius 3 is 2.53 bits per heavy atom. The lowest BCUT2D eigenvalue weighted by Gasteiger charge is -2.42. The standard InChI is InChI=1S/C22H35ClFN5O/c1-4-25-21(26-17-22(27(2)3)8-14-30-15-9-22)29-12-10-28(11-13-29)16-18-19(23)6-5-7-20(18)24/h5-7H,4,8-17H2,1-3H3,(H,25,26). The van der Waals surface area contributed by atoms with Gasteiger partial charge in [-0.3, -0.25) is 9.89 Å². The quantitative estimate of drug-likeness (QED) is 0.545. The zero-order valence-electron chi connectivity index (χ0n) is 18.5. The third-order valence-electron chi connectivity index (χ3n) is 6.35. The third kappa shape index (κ3) is 5.63. The van der Waals surface area contributed by atoms with Gasteiger partial charge < -0.3 is 19.9 Å². The largest absolute Gasteiger partial charge is 0.381 e. The molecule has 1 aromatic carbocycles. The number of aliphatic imine (C=N–C) groups is 1. The van der Waals surface area contributed by atoms with Crippen LogP contribution in [0.5, 0.6) is 0 Å². The molecule has 0 aliphatic carbocycles. The number of benzene rings is 1. The number of nitrogens with one attached hydrogen (secondary N) is 1. The van der Waals surface area contributed by atoms with Crippen LogP contribution in [0.2, 0.25) is 5.02 Å². The SMILES string of the molecule is CCNC(=NCC1(N(C)C)CCOCC1)N1CCN(Cc2c(F)cccc2Cl)CC1. The molecule has 2 aliphatic rings. The van der Waals surface area contributed by atoms with Gasteiger partial charge in [-0.15, -0.1) is 0 Å². The average molecular weight is 440 g/mol. The summed E-state index contributed by atoms with van der Waals surface area (Å²) in [5.41, 5.74) is 0.642. The lowest BCUT2D eigenvalue weighted by atomic mass is 9.89. The van der Waals surface area contributed by atoms with Crippen molar-refractivity contribution < 1.29 is 9.13 Å². The maximum absolute atomic E-state index is 14.1. The number of halogens is 2. The molecule has 2 saturated heterocycles. The molecule has 2 aliphatic heterocycles. The van der Waals surface area contributed by atoms with Crippen LogP contribution in [0.3, 0.4) is 0 Å². The Balaban J connectivity index is 1.61. The fraction of sp³-hybridized carbons (Fsp3) is 0.682. The van der Waals surface area contributed by atoms with E-state index in [2.05, 4.69) is 41.0 Å². The van der Waals surface area contributed by atoms with Crippen molar-refractivity contribution in [2.45, 2.75) is 31.8 Å². The fourth-order valence-corrected chi connectivity index (χ4v) is 4.39. The second-order valence-corrected chi connectivity index (χ2v) is 8.77. The van der Waals surface area contributed by atoms with Crippen molar-refractivity contribution in [3.05, 3.63) is 34.6 Å². The summed E-state index contributed by atoms with van der Waals surface area (Å²) in [6, 6.07) is 4.88. The molecule has 0 amide bonds. The van der Waals surface area contributed by atoms with Gasteiger partial charge >= 0.3 is 0 Å². The maximum Gasteiger partial charge on any atom is 0.194 e. The van der Waals surface area contributed by atoms with E-state index in [-0.39, 0.29) is 11.4 Å².